The monoisotopic (exact) mass is 525 g/mol. The number of hydrogen-bond acceptors (Lipinski definition) is 4. The van der Waals surface area contributed by atoms with Gasteiger partial charge >= 0.3 is 6.03 Å². The Hall–Kier alpha value is -3.61. The molecular formula is C31H32ClN5O. The van der Waals surface area contributed by atoms with Crippen molar-refractivity contribution in [3.63, 3.8) is 0 Å². The first-order valence-electron chi connectivity index (χ1n) is 13.2. The molecule has 2 amide bonds. The molecule has 38 heavy (non-hydrogen) atoms. The molecule has 0 spiro atoms. The molecule has 1 aromatic heterocycles. The second-order valence-electron chi connectivity index (χ2n) is 10.4. The highest BCUT2D eigenvalue weighted by Crippen LogP contribution is 2.39. The molecule has 194 valence electrons. The highest BCUT2D eigenvalue weighted by Gasteiger charge is 2.28. The van der Waals surface area contributed by atoms with Crippen LogP contribution in [0.25, 0.3) is 21.9 Å². The van der Waals surface area contributed by atoms with E-state index < -0.39 is 0 Å². The number of nitrogens with zero attached hydrogens (tertiary/aromatic N) is 4. The van der Waals surface area contributed by atoms with Crippen LogP contribution in [0.5, 0.6) is 0 Å². The molecule has 1 saturated heterocycles. The molecule has 4 aromatic rings. The van der Waals surface area contributed by atoms with Crippen molar-refractivity contribution < 1.29 is 4.79 Å². The summed E-state index contributed by atoms with van der Waals surface area (Å²) in [6, 6.07) is 20.6. The maximum absolute atomic E-state index is 13.6. The number of carbonyl (C=O) groups excluding carboxylic acids is 1. The first-order valence-corrected chi connectivity index (χ1v) is 13.6. The van der Waals surface area contributed by atoms with E-state index in [1.165, 1.54) is 0 Å². The van der Waals surface area contributed by atoms with E-state index in [9.17, 15) is 4.79 Å². The highest BCUT2D eigenvalue weighted by molar-refractivity contribution is 6.33. The number of pyridine rings is 1. The maximum Gasteiger partial charge on any atom is 0.326 e. The van der Waals surface area contributed by atoms with Crippen LogP contribution < -0.4 is 15.1 Å². The summed E-state index contributed by atoms with van der Waals surface area (Å²) in [4.78, 5) is 24.7. The molecule has 2 aliphatic rings. The summed E-state index contributed by atoms with van der Waals surface area (Å²) in [5.74, 6) is 0. The number of amides is 2. The molecule has 3 aromatic carbocycles. The van der Waals surface area contributed by atoms with Gasteiger partial charge in [0.25, 0.3) is 0 Å². The third-order valence-electron chi connectivity index (χ3n) is 7.69. The van der Waals surface area contributed by atoms with Gasteiger partial charge in [0.1, 0.15) is 0 Å². The lowest BCUT2D eigenvalue weighted by Crippen LogP contribution is -2.44. The summed E-state index contributed by atoms with van der Waals surface area (Å²) in [5, 5.41) is 6.08. The quantitative estimate of drug-likeness (QED) is 0.331. The average molecular weight is 526 g/mol. The lowest BCUT2D eigenvalue weighted by atomic mass is 9.97. The van der Waals surface area contributed by atoms with Crippen molar-refractivity contribution in [2.45, 2.75) is 20.3 Å². The Morgan fingerprint density at radius 3 is 2.34 bits per heavy atom. The Kier molecular flexibility index (Phi) is 6.46. The number of benzene rings is 3. The highest BCUT2D eigenvalue weighted by atomic mass is 35.5. The predicted molar refractivity (Wildman–Crippen MR) is 158 cm³/mol. The number of anilines is 3. The summed E-state index contributed by atoms with van der Waals surface area (Å²) in [5.41, 5.74) is 8.12. The molecule has 7 heteroatoms. The first-order chi connectivity index (χ1) is 18.4. The minimum Gasteiger partial charge on any atom is -0.368 e. The van der Waals surface area contributed by atoms with Crippen molar-refractivity contribution in [3.05, 3.63) is 82.6 Å². The predicted octanol–water partition coefficient (Wildman–Crippen LogP) is 6.52. The van der Waals surface area contributed by atoms with E-state index in [-0.39, 0.29) is 6.03 Å². The molecular weight excluding hydrogens is 494 g/mol. The number of likely N-dealkylation sites (N-methyl/N-ethyl adjacent to an activating group) is 1. The summed E-state index contributed by atoms with van der Waals surface area (Å²) in [6.45, 7) is 8.52. The number of halogens is 1. The molecule has 0 bridgehead atoms. The zero-order chi connectivity index (χ0) is 26.4. The maximum atomic E-state index is 13.6. The van der Waals surface area contributed by atoms with E-state index in [0.717, 1.165) is 93.5 Å². The van der Waals surface area contributed by atoms with Crippen LogP contribution in [0.2, 0.25) is 5.02 Å². The van der Waals surface area contributed by atoms with Gasteiger partial charge in [-0.25, -0.2) is 4.79 Å². The molecule has 2 aliphatic heterocycles. The standard InChI is InChI=1S/C31H32ClN5O/c1-20-16-23(17-21(2)33-20)24-6-4-8-26-25(24)7-5-9-28(26)34-31(38)37-11-10-22-18-27(32)30(19-29(22)37)36-14-12-35(3)13-15-36/h4-9,16-19H,10-15H2,1-3H3,(H,34,38). The van der Waals surface area contributed by atoms with E-state index in [1.807, 2.05) is 43.0 Å². The van der Waals surface area contributed by atoms with Crippen LogP contribution in [0.1, 0.15) is 17.0 Å². The summed E-state index contributed by atoms with van der Waals surface area (Å²) in [7, 11) is 2.14. The summed E-state index contributed by atoms with van der Waals surface area (Å²) < 4.78 is 0. The molecule has 0 aliphatic carbocycles. The van der Waals surface area contributed by atoms with Crippen molar-refractivity contribution in [1.29, 1.82) is 0 Å². The molecule has 0 unspecified atom stereocenters. The van der Waals surface area contributed by atoms with Gasteiger partial charge in [-0.2, -0.15) is 0 Å². The van der Waals surface area contributed by atoms with Crippen molar-refractivity contribution in [2.24, 2.45) is 0 Å². The summed E-state index contributed by atoms with van der Waals surface area (Å²) >= 11 is 6.71. The molecule has 3 heterocycles. The number of aromatic nitrogens is 1. The summed E-state index contributed by atoms with van der Waals surface area (Å²) in [6.07, 6.45) is 0.798. The number of nitrogens with one attached hydrogen (secondary N) is 1. The van der Waals surface area contributed by atoms with Crippen LogP contribution in [0.15, 0.2) is 60.7 Å². The van der Waals surface area contributed by atoms with E-state index in [4.69, 9.17) is 11.6 Å². The van der Waals surface area contributed by atoms with Crippen LogP contribution in [-0.4, -0.2) is 55.7 Å². The van der Waals surface area contributed by atoms with Gasteiger partial charge in [-0.05, 0) is 79.7 Å². The number of piperazine rings is 1. The minimum absolute atomic E-state index is 0.121. The minimum atomic E-state index is -0.121. The lowest BCUT2D eigenvalue weighted by molar-refractivity contribution is 0.257. The Morgan fingerprint density at radius 2 is 1.58 bits per heavy atom. The van der Waals surface area contributed by atoms with Crippen LogP contribution >= 0.6 is 11.6 Å². The smallest absolute Gasteiger partial charge is 0.326 e. The van der Waals surface area contributed by atoms with Gasteiger partial charge < -0.3 is 15.1 Å². The Labute approximate surface area is 228 Å². The Morgan fingerprint density at radius 1 is 0.868 bits per heavy atom. The molecule has 6 rings (SSSR count). The topological polar surface area (TPSA) is 51.7 Å². The number of hydrogen-bond donors (Lipinski definition) is 1. The van der Waals surface area contributed by atoms with Gasteiger partial charge in [-0.15, -0.1) is 0 Å². The number of rotatable bonds is 3. The van der Waals surface area contributed by atoms with Crippen molar-refractivity contribution >= 4 is 45.5 Å². The molecule has 0 radical (unpaired) electrons. The van der Waals surface area contributed by atoms with Gasteiger partial charge in [-0.3, -0.25) is 9.88 Å². The van der Waals surface area contributed by atoms with Gasteiger partial charge in [0.2, 0.25) is 0 Å². The lowest BCUT2D eigenvalue weighted by Gasteiger charge is -2.35. The van der Waals surface area contributed by atoms with Gasteiger partial charge in [0, 0.05) is 49.5 Å². The third-order valence-corrected chi connectivity index (χ3v) is 7.99. The molecule has 0 atom stereocenters. The molecule has 1 fully saturated rings. The first kappa shape index (κ1) is 24.7. The van der Waals surface area contributed by atoms with Gasteiger partial charge in [0.05, 0.1) is 22.1 Å². The largest absolute Gasteiger partial charge is 0.368 e. The van der Waals surface area contributed by atoms with E-state index in [0.29, 0.717) is 6.54 Å². The third kappa shape index (κ3) is 4.59. The number of fused-ring (bicyclic) bond motifs is 2. The van der Waals surface area contributed by atoms with Crippen LogP contribution in [-0.2, 0) is 6.42 Å². The number of aryl methyl sites for hydroxylation is 2. The fraction of sp³-hybridized carbons (Fsp3) is 0.290. The van der Waals surface area contributed by atoms with E-state index >= 15 is 0 Å². The van der Waals surface area contributed by atoms with Crippen LogP contribution in [0.4, 0.5) is 21.9 Å². The fourth-order valence-electron chi connectivity index (χ4n) is 5.74. The molecule has 0 saturated carbocycles. The molecule has 1 N–H and O–H groups in total. The molecule has 6 nitrogen and oxygen atoms in total. The van der Waals surface area contributed by atoms with Crippen LogP contribution in [0.3, 0.4) is 0 Å². The van der Waals surface area contributed by atoms with Crippen molar-refractivity contribution in [3.8, 4) is 11.1 Å². The Balaban J connectivity index is 1.30. The normalized spacial score (nSPS) is 15.7. The van der Waals surface area contributed by atoms with Gasteiger partial charge in [0.15, 0.2) is 0 Å². The van der Waals surface area contributed by atoms with Crippen molar-refractivity contribution in [2.75, 3.05) is 54.9 Å². The average Bonchev–Trinajstić information content (AvgIpc) is 3.31. The zero-order valence-electron chi connectivity index (χ0n) is 22.1. The van der Waals surface area contributed by atoms with Crippen molar-refractivity contribution in [1.82, 2.24) is 9.88 Å². The van der Waals surface area contributed by atoms with Gasteiger partial charge in [-0.1, -0.05) is 41.9 Å². The number of carbonyl (C=O) groups is 1. The Bertz CT molecular complexity index is 1520. The fourth-order valence-corrected chi connectivity index (χ4v) is 6.05. The van der Waals surface area contributed by atoms with Crippen LogP contribution in [0, 0.1) is 13.8 Å². The second kappa shape index (κ2) is 9.93. The second-order valence-corrected chi connectivity index (χ2v) is 10.8. The van der Waals surface area contributed by atoms with E-state index in [1.54, 1.807) is 0 Å². The number of urea groups is 1. The SMILES string of the molecule is Cc1cc(-c2cccc3c(NC(=O)N4CCc5cc(Cl)c(N6CCN(C)CC6)cc54)cccc23)cc(C)n1. The zero-order valence-corrected chi connectivity index (χ0v) is 22.8. The van der Waals surface area contributed by atoms with E-state index in [2.05, 4.69) is 63.5 Å².